The molecule has 1 N–H and O–H groups in total. The molecule has 0 aliphatic heterocycles. The van der Waals surface area contributed by atoms with Gasteiger partial charge in [-0.05, 0) is 31.7 Å². The van der Waals surface area contributed by atoms with Gasteiger partial charge in [-0.2, -0.15) is 0 Å². The summed E-state index contributed by atoms with van der Waals surface area (Å²) in [6.45, 7) is 2.78. The van der Waals surface area contributed by atoms with Gasteiger partial charge in [-0.25, -0.2) is 4.39 Å². The topological polar surface area (TPSA) is 12.0 Å². The number of halogens is 2. The second kappa shape index (κ2) is 7.25. The predicted molar refractivity (Wildman–Crippen MR) is 78.9 cm³/mol. The van der Waals surface area contributed by atoms with Gasteiger partial charge in [-0.15, -0.1) is 0 Å². The highest BCUT2D eigenvalue weighted by molar-refractivity contribution is 6.30. The first-order chi connectivity index (χ1) is 9.18. The molecule has 1 aliphatic carbocycles. The summed E-state index contributed by atoms with van der Waals surface area (Å²) in [5, 5.41) is 3.68. The van der Waals surface area contributed by atoms with Crippen molar-refractivity contribution in [3.05, 3.63) is 34.6 Å². The fraction of sp³-hybridized carbons (Fsp3) is 0.625. The summed E-state index contributed by atoms with van der Waals surface area (Å²) in [7, 11) is 0. The third-order valence-electron chi connectivity index (χ3n) is 4.25. The largest absolute Gasteiger partial charge is 0.310 e. The normalized spacial score (nSPS) is 19.1. The molecule has 0 spiro atoms. The van der Waals surface area contributed by atoms with E-state index in [4.69, 9.17) is 11.6 Å². The molecule has 0 amide bonds. The molecule has 2 rings (SSSR count). The maximum atomic E-state index is 13.8. The Hall–Kier alpha value is -0.600. The van der Waals surface area contributed by atoms with E-state index in [9.17, 15) is 4.39 Å². The van der Waals surface area contributed by atoms with Gasteiger partial charge in [0, 0.05) is 18.2 Å². The molecular formula is C16H23ClFN. The first-order valence-corrected chi connectivity index (χ1v) is 7.72. The number of nitrogens with one attached hydrogen (secondary N) is 1. The van der Waals surface area contributed by atoms with E-state index >= 15 is 0 Å². The minimum atomic E-state index is -0.287. The molecule has 1 aliphatic rings. The van der Waals surface area contributed by atoms with Crippen LogP contribution < -0.4 is 5.32 Å². The van der Waals surface area contributed by atoms with Gasteiger partial charge in [0.2, 0.25) is 0 Å². The van der Waals surface area contributed by atoms with Crippen LogP contribution in [0.5, 0.6) is 0 Å². The molecule has 1 aromatic rings. The van der Waals surface area contributed by atoms with Crippen LogP contribution in [0.1, 0.15) is 51.0 Å². The molecule has 1 aromatic carbocycles. The van der Waals surface area contributed by atoms with Crippen molar-refractivity contribution in [3.63, 3.8) is 0 Å². The van der Waals surface area contributed by atoms with Crippen LogP contribution in [0.25, 0.3) is 0 Å². The summed E-state index contributed by atoms with van der Waals surface area (Å²) in [4.78, 5) is 0. The Morgan fingerprint density at radius 3 is 2.63 bits per heavy atom. The molecule has 0 saturated heterocycles. The number of hydrogen-bond donors (Lipinski definition) is 1. The van der Waals surface area contributed by atoms with Crippen LogP contribution in [0.3, 0.4) is 0 Å². The van der Waals surface area contributed by atoms with Crippen LogP contribution >= 0.6 is 11.6 Å². The number of hydrogen-bond acceptors (Lipinski definition) is 1. The van der Waals surface area contributed by atoms with Crippen molar-refractivity contribution in [1.82, 2.24) is 5.32 Å². The molecule has 1 nitrogen and oxygen atoms in total. The summed E-state index contributed by atoms with van der Waals surface area (Å²) in [6.07, 6.45) is 8.00. The van der Waals surface area contributed by atoms with Crippen LogP contribution in [-0.2, 0) is 6.54 Å². The van der Waals surface area contributed by atoms with Crippen LogP contribution in [0.4, 0.5) is 4.39 Å². The van der Waals surface area contributed by atoms with Crippen LogP contribution in [0, 0.1) is 11.7 Å². The summed E-state index contributed by atoms with van der Waals surface area (Å²) >= 11 is 5.80. The molecular weight excluding hydrogens is 261 g/mol. The molecule has 0 unspecified atom stereocenters. The number of rotatable bonds is 4. The number of benzene rings is 1. The van der Waals surface area contributed by atoms with Gasteiger partial charge in [0.05, 0.1) is 5.02 Å². The molecule has 0 bridgehead atoms. The second-order valence-corrected chi connectivity index (χ2v) is 6.04. The maximum Gasteiger partial charge on any atom is 0.146 e. The van der Waals surface area contributed by atoms with Gasteiger partial charge in [-0.3, -0.25) is 0 Å². The van der Waals surface area contributed by atoms with E-state index in [1.807, 2.05) is 0 Å². The summed E-state index contributed by atoms with van der Waals surface area (Å²) < 4.78 is 13.8. The van der Waals surface area contributed by atoms with Gasteiger partial charge in [0.25, 0.3) is 0 Å². The van der Waals surface area contributed by atoms with E-state index < -0.39 is 0 Å². The molecule has 19 heavy (non-hydrogen) atoms. The summed E-state index contributed by atoms with van der Waals surface area (Å²) in [5.41, 5.74) is 0.660. The quantitative estimate of drug-likeness (QED) is 0.773. The lowest BCUT2D eigenvalue weighted by atomic mass is 9.93. The monoisotopic (exact) mass is 283 g/mol. The van der Waals surface area contributed by atoms with E-state index in [-0.39, 0.29) is 10.8 Å². The Bertz CT molecular complexity index is 400. The molecule has 1 atom stereocenters. The Morgan fingerprint density at radius 2 is 1.95 bits per heavy atom. The SMILES string of the molecule is C[C@H](NCc1cccc(Cl)c1F)C1CCCCCC1. The van der Waals surface area contributed by atoms with E-state index in [0.29, 0.717) is 18.2 Å². The summed E-state index contributed by atoms with van der Waals surface area (Å²) in [5.74, 6) is 0.439. The fourth-order valence-electron chi connectivity index (χ4n) is 2.93. The Labute approximate surface area is 120 Å². The molecule has 0 aromatic heterocycles. The van der Waals surface area contributed by atoms with Crippen molar-refractivity contribution in [2.45, 2.75) is 58.0 Å². The first-order valence-electron chi connectivity index (χ1n) is 7.34. The molecule has 3 heteroatoms. The van der Waals surface area contributed by atoms with Gasteiger partial charge < -0.3 is 5.32 Å². The fourth-order valence-corrected chi connectivity index (χ4v) is 3.13. The predicted octanol–water partition coefficient (Wildman–Crippen LogP) is 4.93. The average Bonchev–Trinajstić information content (AvgIpc) is 2.69. The van der Waals surface area contributed by atoms with Crippen molar-refractivity contribution < 1.29 is 4.39 Å². The van der Waals surface area contributed by atoms with Gasteiger partial charge in [0.15, 0.2) is 0 Å². The summed E-state index contributed by atoms with van der Waals surface area (Å²) in [6, 6.07) is 5.64. The van der Waals surface area contributed by atoms with Crippen molar-refractivity contribution in [3.8, 4) is 0 Å². The van der Waals surface area contributed by atoms with Crippen molar-refractivity contribution in [1.29, 1.82) is 0 Å². The highest BCUT2D eigenvalue weighted by atomic mass is 35.5. The van der Waals surface area contributed by atoms with Crippen molar-refractivity contribution in [2.24, 2.45) is 5.92 Å². The lowest BCUT2D eigenvalue weighted by molar-refractivity contribution is 0.335. The Balaban J connectivity index is 1.88. The zero-order valence-corrected chi connectivity index (χ0v) is 12.3. The standard InChI is InChI=1S/C16H23ClFN/c1-12(13-7-4-2-3-5-8-13)19-11-14-9-6-10-15(17)16(14)18/h6,9-10,12-13,19H,2-5,7-8,11H2,1H3/t12-/m0/s1. The Morgan fingerprint density at radius 1 is 1.26 bits per heavy atom. The van der Waals surface area contributed by atoms with Gasteiger partial charge in [-0.1, -0.05) is 49.4 Å². The molecule has 1 saturated carbocycles. The van der Waals surface area contributed by atoms with E-state index in [1.54, 1.807) is 18.2 Å². The smallest absolute Gasteiger partial charge is 0.146 e. The van der Waals surface area contributed by atoms with E-state index in [0.717, 1.165) is 5.92 Å². The zero-order chi connectivity index (χ0) is 13.7. The highest BCUT2D eigenvalue weighted by Crippen LogP contribution is 2.26. The molecule has 1 fully saturated rings. The van der Waals surface area contributed by atoms with Crippen molar-refractivity contribution in [2.75, 3.05) is 0 Å². The minimum Gasteiger partial charge on any atom is -0.310 e. The maximum absolute atomic E-state index is 13.8. The lowest BCUT2D eigenvalue weighted by Crippen LogP contribution is -2.33. The third kappa shape index (κ3) is 4.19. The van der Waals surface area contributed by atoms with Gasteiger partial charge >= 0.3 is 0 Å². The molecule has 106 valence electrons. The third-order valence-corrected chi connectivity index (χ3v) is 4.54. The van der Waals surface area contributed by atoms with Crippen molar-refractivity contribution >= 4 is 11.6 Å². The second-order valence-electron chi connectivity index (χ2n) is 5.63. The van der Waals surface area contributed by atoms with Gasteiger partial charge in [0.1, 0.15) is 5.82 Å². The van der Waals surface area contributed by atoms with E-state index in [2.05, 4.69) is 12.2 Å². The van der Waals surface area contributed by atoms with Crippen LogP contribution in [0.2, 0.25) is 5.02 Å². The minimum absolute atomic E-state index is 0.210. The zero-order valence-electron chi connectivity index (χ0n) is 11.6. The molecule has 0 radical (unpaired) electrons. The first kappa shape index (κ1) is 14.8. The lowest BCUT2D eigenvalue weighted by Gasteiger charge is -2.24. The van der Waals surface area contributed by atoms with Crippen LogP contribution in [0.15, 0.2) is 18.2 Å². The highest BCUT2D eigenvalue weighted by Gasteiger charge is 2.19. The van der Waals surface area contributed by atoms with E-state index in [1.165, 1.54) is 38.5 Å². The van der Waals surface area contributed by atoms with Crippen LogP contribution in [-0.4, -0.2) is 6.04 Å². The molecule has 0 heterocycles. The Kier molecular flexibility index (Phi) is 5.65. The average molecular weight is 284 g/mol.